The third-order valence-corrected chi connectivity index (χ3v) is 2.47. The number of nitrogens with one attached hydrogen (secondary N) is 2. The van der Waals surface area contributed by atoms with E-state index in [0.29, 0.717) is 23.7 Å². The van der Waals surface area contributed by atoms with E-state index in [2.05, 4.69) is 10.6 Å². The number of rotatable bonds is 2. The van der Waals surface area contributed by atoms with Gasteiger partial charge in [-0.3, -0.25) is 4.79 Å². The molecule has 1 heterocycles. The van der Waals surface area contributed by atoms with Gasteiger partial charge in [-0.2, -0.15) is 0 Å². The molecule has 0 saturated carbocycles. The topological polar surface area (TPSA) is 41.1 Å². The van der Waals surface area contributed by atoms with Crippen molar-refractivity contribution in [2.45, 2.75) is 12.5 Å². The molecule has 0 spiro atoms. The fraction of sp³-hybridized carbons (Fsp3) is 0.300. The molecule has 0 aromatic heterocycles. The highest BCUT2D eigenvalue weighted by atomic mass is 35.5. The first-order valence-corrected chi connectivity index (χ1v) is 5.03. The molecule has 80 valence electrons. The molecule has 3 nitrogen and oxygen atoms in total. The van der Waals surface area contributed by atoms with Gasteiger partial charge in [0.25, 0.3) is 0 Å². The minimum absolute atomic E-state index is 0.0598. The lowest BCUT2D eigenvalue weighted by Gasteiger charge is -2.11. The van der Waals surface area contributed by atoms with Crippen LogP contribution in [0.15, 0.2) is 18.2 Å². The van der Waals surface area contributed by atoms with Gasteiger partial charge in [-0.1, -0.05) is 11.6 Å². The van der Waals surface area contributed by atoms with Crippen molar-refractivity contribution in [3.63, 3.8) is 0 Å². The van der Waals surface area contributed by atoms with Crippen LogP contribution in [-0.2, 0) is 4.79 Å². The molecule has 0 radical (unpaired) electrons. The number of hydrogen-bond donors (Lipinski definition) is 2. The molecular formula is C10H10ClFN2O. The van der Waals surface area contributed by atoms with Gasteiger partial charge >= 0.3 is 0 Å². The van der Waals surface area contributed by atoms with Crippen LogP contribution in [0, 0.1) is 5.82 Å². The summed E-state index contributed by atoms with van der Waals surface area (Å²) in [6, 6.07) is 3.85. The van der Waals surface area contributed by atoms with E-state index in [0.717, 1.165) is 0 Å². The number of hydrogen-bond acceptors (Lipinski definition) is 2. The summed E-state index contributed by atoms with van der Waals surface area (Å²) in [7, 11) is 0. The van der Waals surface area contributed by atoms with Crippen LogP contribution in [0.5, 0.6) is 0 Å². The van der Waals surface area contributed by atoms with Gasteiger partial charge < -0.3 is 10.6 Å². The number of amides is 1. The number of anilines is 1. The maximum atomic E-state index is 13.0. The largest absolute Gasteiger partial charge is 0.374 e. The zero-order valence-corrected chi connectivity index (χ0v) is 8.64. The molecule has 1 fully saturated rings. The minimum atomic E-state index is -0.414. The standard InChI is InChI=1S/C10H10ClFN2O/c11-6-3-7(12)5-8(4-6)14-9-1-2-13-10(9)15/h3-5,9,14H,1-2H2,(H,13,15). The van der Waals surface area contributed by atoms with Crippen molar-refractivity contribution in [3.05, 3.63) is 29.0 Å². The summed E-state index contributed by atoms with van der Waals surface area (Å²) in [5, 5.41) is 5.94. The van der Waals surface area contributed by atoms with Gasteiger partial charge in [-0.05, 0) is 24.6 Å². The van der Waals surface area contributed by atoms with Gasteiger partial charge in [0, 0.05) is 17.3 Å². The van der Waals surface area contributed by atoms with Crippen molar-refractivity contribution in [2.24, 2.45) is 0 Å². The predicted octanol–water partition coefficient (Wildman–Crippen LogP) is 1.78. The molecule has 1 aliphatic heterocycles. The maximum absolute atomic E-state index is 13.0. The van der Waals surface area contributed by atoms with E-state index >= 15 is 0 Å². The van der Waals surface area contributed by atoms with Crippen molar-refractivity contribution < 1.29 is 9.18 Å². The summed E-state index contributed by atoms with van der Waals surface area (Å²) in [5.74, 6) is -0.473. The lowest BCUT2D eigenvalue weighted by molar-refractivity contribution is -0.119. The molecule has 5 heteroatoms. The number of carbonyl (C=O) groups excluding carboxylic acids is 1. The van der Waals surface area contributed by atoms with Crippen LogP contribution in [-0.4, -0.2) is 18.5 Å². The van der Waals surface area contributed by atoms with E-state index in [-0.39, 0.29) is 11.9 Å². The summed E-state index contributed by atoms with van der Waals surface area (Å²) in [5.41, 5.74) is 0.530. The van der Waals surface area contributed by atoms with E-state index in [1.165, 1.54) is 12.1 Å². The molecule has 1 saturated heterocycles. The molecule has 1 atom stereocenters. The summed E-state index contributed by atoms with van der Waals surface area (Å²) in [6.07, 6.45) is 0.701. The molecular weight excluding hydrogens is 219 g/mol. The van der Waals surface area contributed by atoms with Crippen LogP contribution in [0.3, 0.4) is 0 Å². The Morgan fingerprint density at radius 2 is 2.27 bits per heavy atom. The third-order valence-electron chi connectivity index (χ3n) is 2.25. The maximum Gasteiger partial charge on any atom is 0.242 e. The lowest BCUT2D eigenvalue weighted by atomic mass is 10.2. The van der Waals surface area contributed by atoms with Gasteiger partial charge in [0.05, 0.1) is 0 Å². The molecule has 1 unspecified atom stereocenters. The molecule has 1 aromatic carbocycles. The van der Waals surface area contributed by atoms with Crippen LogP contribution >= 0.6 is 11.6 Å². The van der Waals surface area contributed by atoms with E-state index in [1.807, 2.05) is 0 Å². The molecule has 0 aliphatic carbocycles. The Kier molecular flexibility index (Phi) is 2.77. The molecule has 1 aromatic rings. The number of halogens is 2. The van der Waals surface area contributed by atoms with Crippen LogP contribution in [0.4, 0.5) is 10.1 Å². The van der Waals surface area contributed by atoms with E-state index in [9.17, 15) is 9.18 Å². The van der Waals surface area contributed by atoms with Crippen LogP contribution in [0.25, 0.3) is 0 Å². The van der Waals surface area contributed by atoms with Crippen LogP contribution in [0.2, 0.25) is 5.02 Å². The van der Waals surface area contributed by atoms with Crippen molar-refractivity contribution in [1.82, 2.24) is 5.32 Å². The third kappa shape index (κ3) is 2.39. The van der Waals surface area contributed by atoms with Gasteiger partial charge in [-0.25, -0.2) is 4.39 Å². The molecule has 2 N–H and O–H groups in total. The average Bonchev–Trinajstić information content (AvgIpc) is 2.50. The fourth-order valence-corrected chi connectivity index (χ4v) is 1.79. The Bertz CT molecular complexity index is 377. The first kappa shape index (κ1) is 10.2. The SMILES string of the molecule is O=C1NCCC1Nc1cc(F)cc(Cl)c1. The Labute approximate surface area is 91.6 Å². The average molecular weight is 229 g/mol. The zero-order chi connectivity index (χ0) is 10.8. The zero-order valence-electron chi connectivity index (χ0n) is 7.89. The van der Waals surface area contributed by atoms with Crippen LogP contribution in [0.1, 0.15) is 6.42 Å². The lowest BCUT2D eigenvalue weighted by Crippen LogP contribution is -2.29. The van der Waals surface area contributed by atoms with Crippen molar-refractivity contribution in [1.29, 1.82) is 0 Å². The van der Waals surface area contributed by atoms with E-state index in [4.69, 9.17) is 11.6 Å². The Morgan fingerprint density at radius 3 is 2.87 bits per heavy atom. The van der Waals surface area contributed by atoms with Gasteiger partial charge in [0.1, 0.15) is 11.9 Å². The molecule has 0 bridgehead atoms. The highest BCUT2D eigenvalue weighted by molar-refractivity contribution is 6.30. The second kappa shape index (κ2) is 4.06. The summed E-state index contributed by atoms with van der Waals surface area (Å²) in [4.78, 5) is 11.2. The molecule has 1 aliphatic rings. The highest BCUT2D eigenvalue weighted by Gasteiger charge is 2.23. The Hall–Kier alpha value is -1.29. The minimum Gasteiger partial charge on any atom is -0.374 e. The summed E-state index contributed by atoms with van der Waals surface area (Å²) < 4.78 is 13.0. The van der Waals surface area contributed by atoms with Crippen molar-refractivity contribution in [3.8, 4) is 0 Å². The predicted molar refractivity (Wildman–Crippen MR) is 56.4 cm³/mol. The Balaban J connectivity index is 2.13. The highest BCUT2D eigenvalue weighted by Crippen LogP contribution is 2.19. The van der Waals surface area contributed by atoms with Crippen LogP contribution < -0.4 is 10.6 Å². The van der Waals surface area contributed by atoms with Gasteiger partial charge in [0.15, 0.2) is 0 Å². The quantitative estimate of drug-likeness (QED) is 0.810. The molecule has 2 rings (SSSR count). The first-order valence-electron chi connectivity index (χ1n) is 4.65. The summed E-state index contributed by atoms with van der Waals surface area (Å²) >= 11 is 5.69. The van der Waals surface area contributed by atoms with Crippen molar-refractivity contribution in [2.75, 3.05) is 11.9 Å². The molecule has 15 heavy (non-hydrogen) atoms. The number of carbonyl (C=O) groups is 1. The van der Waals surface area contributed by atoms with E-state index in [1.54, 1.807) is 6.07 Å². The van der Waals surface area contributed by atoms with Gasteiger partial charge in [0.2, 0.25) is 5.91 Å². The molecule has 1 amide bonds. The normalized spacial score (nSPS) is 20.1. The first-order chi connectivity index (χ1) is 7.15. The number of benzene rings is 1. The second-order valence-electron chi connectivity index (χ2n) is 3.43. The Morgan fingerprint density at radius 1 is 1.47 bits per heavy atom. The smallest absolute Gasteiger partial charge is 0.242 e. The fourth-order valence-electron chi connectivity index (χ4n) is 1.57. The van der Waals surface area contributed by atoms with E-state index < -0.39 is 5.82 Å². The second-order valence-corrected chi connectivity index (χ2v) is 3.87. The monoisotopic (exact) mass is 228 g/mol. The van der Waals surface area contributed by atoms with Crippen molar-refractivity contribution >= 4 is 23.2 Å². The van der Waals surface area contributed by atoms with Gasteiger partial charge in [-0.15, -0.1) is 0 Å². The summed E-state index contributed by atoms with van der Waals surface area (Å²) in [6.45, 7) is 0.652.